The standard InChI is InChI=1S/C25H25N3O2S.ClH/c1-27-21-12-10-16(14-19(21)25-20-11-9-15(26-20)13-24(25)27)31(29,30)28-22-7-3-2-5-17(22)18-6-4-8-23(18)28;/h2-3,5,7,10,12,14-15,20,26H,4,6,8-9,11,13H2,1H3;1H. The molecule has 3 aliphatic rings. The van der Waals surface area contributed by atoms with Crippen LogP contribution in [0.4, 0.5) is 0 Å². The summed E-state index contributed by atoms with van der Waals surface area (Å²) in [7, 11) is -1.57. The first-order valence-electron chi connectivity index (χ1n) is 11.3. The molecule has 5 nitrogen and oxygen atoms in total. The van der Waals surface area contributed by atoms with Crippen molar-refractivity contribution in [3.63, 3.8) is 0 Å². The summed E-state index contributed by atoms with van der Waals surface area (Å²) in [4.78, 5) is 0.393. The summed E-state index contributed by atoms with van der Waals surface area (Å²) in [5.41, 5.74) is 6.79. The maximum atomic E-state index is 14.0. The molecule has 1 fully saturated rings. The zero-order chi connectivity index (χ0) is 20.9. The minimum absolute atomic E-state index is 0. The number of halogens is 1. The highest BCUT2D eigenvalue weighted by Crippen LogP contribution is 2.42. The van der Waals surface area contributed by atoms with E-state index in [0.717, 1.165) is 59.6 Å². The van der Waals surface area contributed by atoms with Crippen LogP contribution >= 0.6 is 12.4 Å². The second-order valence-electron chi connectivity index (χ2n) is 9.36. The first-order chi connectivity index (χ1) is 15.0. The molecule has 0 amide bonds. The zero-order valence-electron chi connectivity index (χ0n) is 18.0. The topological polar surface area (TPSA) is 56.0 Å². The number of aromatic nitrogens is 2. The van der Waals surface area contributed by atoms with Gasteiger partial charge < -0.3 is 9.88 Å². The Balaban J connectivity index is 0.00000196. The summed E-state index contributed by atoms with van der Waals surface area (Å²) in [6.45, 7) is 0. The van der Waals surface area contributed by atoms with Gasteiger partial charge >= 0.3 is 0 Å². The minimum atomic E-state index is -3.68. The molecule has 32 heavy (non-hydrogen) atoms. The second kappa shape index (κ2) is 6.86. The Labute approximate surface area is 193 Å². The van der Waals surface area contributed by atoms with Gasteiger partial charge in [-0.15, -0.1) is 12.4 Å². The number of fused-ring (bicyclic) bond motifs is 9. The van der Waals surface area contributed by atoms with Crippen molar-refractivity contribution in [2.75, 3.05) is 0 Å². The fourth-order valence-electron chi connectivity index (χ4n) is 6.42. The average molecular weight is 468 g/mol. The van der Waals surface area contributed by atoms with Gasteiger partial charge in [-0.1, -0.05) is 18.2 Å². The van der Waals surface area contributed by atoms with Gasteiger partial charge in [-0.2, -0.15) is 0 Å². The van der Waals surface area contributed by atoms with E-state index in [1.165, 1.54) is 23.2 Å². The number of aryl methyl sites for hydroxylation is 2. The van der Waals surface area contributed by atoms with Gasteiger partial charge in [0.25, 0.3) is 10.0 Å². The maximum Gasteiger partial charge on any atom is 0.268 e. The van der Waals surface area contributed by atoms with E-state index in [9.17, 15) is 8.42 Å². The van der Waals surface area contributed by atoms with Crippen molar-refractivity contribution >= 4 is 44.2 Å². The average Bonchev–Trinajstić information content (AvgIpc) is 3.51. The lowest BCUT2D eigenvalue weighted by molar-refractivity contribution is 0.503. The lowest BCUT2D eigenvalue weighted by Crippen LogP contribution is -2.32. The molecule has 1 saturated heterocycles. The number of rotatable bonds is 2. The quantitative estimate of drug-likeness (QED) is 0.467. The van der Waals surface area contributed by atoms with E-state index in [0.29, 0.717) is 17.0 Å². The lowest BCUT2D eigenvalue weighted by atomic mass is 9.99. The smallest absolute Gasteiger partial charge is 0.268 e. The largest absolute Gasteiger partial charge is 0.347 e. The predicted octanol–water partition coefficient (Wildman–Crippen LogP) is 4.63. The molecule has 2 aliphatic heterocycles. The van der Waals surface area contributed by atoms with Crippen molar-refractivity contribution in [1.82, 2.24) is 13.9 Å². The van der Waals surface area contributed by atoms with Gasteiger partial charge in [0.15, 0.2) is 0 Å². The third-order valence-electron chi connectivity index (χ3n) is 7.78. The molecule has 0 radical (unpaired) electrons. The van der Waals surface area contributed by atoms with Crippen molar-refractivity contribution in [2.24, 2.45) is 7.05 Å². The maximum absolute atomic E-state index is 14.0. The molecule has 2 bridgehead atoms. The molecule has 7 heteroatoms. The Morgan fingerprint density at radius 2 is 1.81 bits per heavy atom. The summed E-state index contributed by atoms with van der Waals surface area (Å²) in [5, 5.41) is 5.90. The molecule has 2 aromatic carbocycles. The summed E-state index contributed by atoms with van der Waals surface area (Å²) in [6.07, 6.45) is 6.14. The first kappa shape index (κ1) is 20.3. The van der Waals surface area contributed by atoms with Gasteiger partial charge in [0.05, 0.1) is 10.4 Å². The molecule has 4 heterocycles. The highest BCUT2D eigenvalue weighted by atomic mass is 35.5. The van der Waals surface area contributed by atoms with Crippen LogP contribution in [0.5, 0.6) is 0 Å². The van der Waals surface area contributed by atoms with E-state index in [-0.39, 0.29) is 12.4 Å². The molecular formula is C25H26ClN3O2S. The highest BCUT2D eigenvalue weighted by molar-refractivity contribution is 7.90. The highest BCUT2D eigenvalue weighted by Gasteiger charge is 2.36. The zero-order valence-corrected chi connectivity index (χ0v) is 19.6. The molecule has 2 unspecified atom stereocenters. The van der Waals surface area contributed by atoms with E-state index in [1.54, 1.807) is 10.0 Å². The molecule has 7 rings (SSSR count). The Kier molecular flexibility index (Phi) is 4.36. The molecule has 0 spiro atoms. The molecule has 4 aromatic rings. The SMILES string of the molecule is Cl.Cn1c2c(c3cc(S(=O)(=O)n4c5c(c6ccccc64)CCC5)ccc31)C1CCC(C2)N1. The van der Waals surface area contributed by atoms with E-state index in [2.05, 4.69) is 23.0 Å². The molecule has 166 valence electrons. The monoisotopic (exact) mass is 467 g/mol. The number of nitrogens with one attached hydrogen (secondary N) is 1. The van der Waals surface area contributed by atoms with Crippen LogP contribution < -0.4 is 5.32 Å². The van der Waals surface area contributed by atoms with Crippen LogP contribution in [0.1, 0.15) is 47.8 Å². The Morgan fingerprint density at radius 3 is 2.69 bits per heavy atom. The van der Waals surface area contributed by atoms with Crippen LogP contribution in [-0.2, 0) is 36.3 Å². The van der Waals surface area contributed by atoms with Gasteiger partial charge in [-0.25, -0.2) is 12.4 Å². The second-order valence-corrected chi connectivity index (χ2v) is 11.1. The van der Waals surface area contributed by atoms with Crippen molar-refractivity contribution in [2.45, 2.75) is 55.5 Å². The molecule has 2 aromatic heterocycles. The summed E-state index contributed by atoms with van der Waals surface area (Å²) in [5.74, 6) is 0. The van der Waals surface area contributed by atoms with E-state index < -0.39 is 10.0 Å². The Hall–Kier alpha value is -2.28. The Morgan fingerprint density at radius 1 is 0.969 bits per heavy atom. The van der Waals surface area contributed by atoms with Crippen molar-refractivity contribution in [3.8, 4) is 0 Å². The first-order valence-corrected chi connectivity index (χ1v) is 12.7. The predicted molar refractivity (Wildman–Crippen MR) is 129 cm³/mol. The van der Waals surface area contributed by atoms with Gasteiger partial charge in [0.1, 0.15) is 0 Å². The van der Waals surface area contributed by atoms with Crippen LogP contribution in [0.2, 0.25) is 0 Å². The van der Waals surface area contributed by atoms with Crippen molar-refractivity contribution in [3.05, 3.63) is 65.0 Å². The molecular weight excluding hydrogens is 442 g/mol. The third-order valence-corrected chi connectivity index (χ3v) is 9.53. The lowest BCUT2D eigenvalue weighted by Gasteiger charge is -2.23. The number of hydrogen-bond donors (Lipinski definition) is 1. The number of nitrogens with zero attached hydrogens (tertiary/aromatic N) is 2. The number of hydrogen-bond acceptors (Lipinski definition) is 3. The van der Waals surface area contributed by atoms with Gasteiger partial charge in [-0.05, 0) is 67.5 Å². The fourth-order valence-corrected chi connectivity index (χ4v) is 8.04. The van der Waals surface area contributed by atoms with Crippen LogP contribution in [0.15, 0.2) is 47.4 Å². The van der Waals surface area contributed by atoms with Crippen LogP contribution in [0, 0.1) is 0 Å². The van der Waals surface area contributed by atoms with E-state index in [4.69, 9.17) is 0 Å². The molecule has 1 N–H and O–H groups in total. The summed E-state index contributed by atoms with van der Waals surface area (Å²) >= 11 is 0. The Bertz CT molecular complexity index is 1520. The van der Waals surface area contributed by atoms with Crippen molar-refractivity contribution < 1.29 is 8.42 Å². The van der Waals surface area contributed by atoms with E-state index >= 15 is 0 Å². The van der Waals surface area contributed by atoms with Gasteiger partial charge in [0.2, 0.25) is 0 Å². The van der Waals surface area contributed by atoms with Crippen LogP contribution in [0.3, 0.4) is 0 Å². The third kappa shape index (κ3) is 2.51. The van der Waals surface area contributed by atoms with Crippen molar-refractivity contribution in [1.29, 1.82) is 0 Å². The molecule has 0 saturated carbocycles. The minimum Gasteiger partial charge on any atom is -0.347 e. The van der Waals surface area contributed by atoms with Gasteiger partial charge in [0, 0.05) is 53.2 Å². The summed E-state index contributed by atoms with van der Waals surface area (Å²) < 4.78 is 31.9. The summed E-state index contributed by atoms with van der Waals surface area (Å²) in [6, 6.07) is 14.6. The van der Waals surface area contributed by atoms with E-state index in [1.807, 2.05) is 30.3 Å². The number of benzene rings is 2. The van der Waals surface area contributed by atoms with Crippen LogP contribution in [-0.4, -0.2) is 23.0 Å². The molecule has 2 atom stereocenters. The molecule has 1 aliphatic carbocycles. The van der Waals surface area contributed by atoms with Gasteiger partial charge in [-0.3, -0.25) is 0 Å². The normalized spacial score (nSPS) is 21.7. The van der Waals surface area contributed by atoms with Crippen LogP contribution in [0.25, 0.3) is 21.8 Å². The number of para-hydroxylation sites is 1. The fraction of sp³-hybridized carbons (Fsp3) is 0.360.